The molecule has 0 saturated carbocycles. The van der Waals surface area contributed by atoms with Crippen molar-refractivity contribution in [1.82, 2.24) is 0 Å². The number of nitro groups is 1. The maximum absolute atomic E-state index is 10.7. The van der Waals surface area contributed by atoms with Gasteiger partial charge in [0, 0.05) is 17.7 Å². The Morgan fingerprint density at radius 3 is 2.71 bits per heavy atom. The number of aliphatic hydroxyl groups excluding tert-OH is 1. The molecule has 21 heavy (non-hydrogen) atoms. The molecule has 0 unspecified atom stereocenters. The molecule has 0 amide bonds. The Bertz CT molecular complexity index is 627. The van der Waals surface area contributed by atoms with Crippen LogP contribution in [0.1, 0.15) is 30.6 Å². The summed E-state index contributed by atoms with van der Waals surface area (Å²) >= 11 is 0. The fourth-order valence-corrected chi connectivity index (χ4v) is 2.03. The minimum Gasteiger partial charge on any atom is -0.489 e. The van der Waals surface area contributed by atoms with Crippen LogP contribution in [0.4, 0.5) is 5.69 Å². The van der Waals surface area contributed by atoms with Crippen LogP contribution in [0, 0.1) is 10.1 Å². The molecule has 5 nitrogen and oxygen atoms in total. The van der Waals surface area contributed by atoms with Crippen LogP contribution in [0.2, 0.25) is 0 Å². The van der Waals surface area contributed by atoms with Gasteiger partial charge in [0.2, 0.25) is 0 Å². The molecule has 2 aromatic rings. The summed E-state index contributed by atoms with van der Waals surface area (Å²) in [5.74, 6) is 0.596. The number of hydrogen-bond donors (Lipinski definition) is 1. The first-order chi connectivity index (χ1) is 10.1. The predicted molar refractivity (Wildman–Crippen MR) is 79.1 cm³/mol. The van der Waals surface area contributed by atoms with Crippen molar-refractivity contribution in [3.8, 4) is 5.75 Å². The number of ether oxygens (including phenoxy) is 1. The number of rotatable bonds is 6. The van der Waals surface area contributed by atoms with E-state index in [2.05, 4.69) is 0 Å². The molecule has 0 radical (unpaired) electrons. The third-order valence-electron chi connectivity index (χ3n) is 3.18. The van der Waals surface area contributed by atoms with Gasteiger partial charge in [-0.3, -0.25) is 10.1 Å². The molecule has 0 aliphatic carbocycles. The van der Waals surface area contributed by atoms with E-state index in [9.17, 15) is 15.2 Å². The molecule has 0 aromatic heterocycles. The normalized spacial score (nSPS) is 11.9. The van der Waals surface area contributed by atoms with Gasteiger partial charge in [0.05, 0.1) is 11.0 Å². The van der Waals surface area contributed by atoms with E-state index in [4.69, 9.17) is 4.74 Å². The van der Waals surface area contributed by atoms with Gasteiger partial charge in [0.15, 0.2) is 0 Å². The number of non-ortho nitro benzene ring substituents is 1. The Kier molecular flexibility index (Phi) is 4.90. The summed E-state index contributed by atoms with van der Waals surface area (Å²) in [6, 6.07) is 13.6. The second kappa shape index (κ2) is 6.85. The van der Waals surface area contributed by atoms with Gasteiger partial charge in [0.25, 0.3) is 5.69 Å². The molecule has 0 aliphatic rings. The molecule has 0 bridgehead atoms. The number of nitro benzene ring substituents is 1. The average Bonchev–Trinajstić information content (AvgIpc) is 2.52. The fourth-order valence-electron chi connectivity index (χ4n) is 2.03. The van der Waals surface area contributed by atoms with E-state index in [1.165, 1.54) is 12.1 Å². The molecule has 0 heterocycles. The minimum atomic E-state index is -0.577. The van der Waals surface area contributed by atoms with Crippen LogP contribution in [0.25, 0.3) is 0 Å². The molecule has 110 valence electrons. The first-order valence-corrected chi connectivity index (χ1v) is 6.75. The zero-order chi connectivity index (χ0) is 15.2. The zero-order valence-corrected chi connectivity index (χ0v) is 11.7. The van der Waals surface area contributed by atoms with Gasteiger partial charge in [-0.25, -0.2) is 0 Å². The highest BCUT2D eigenvalue weighted by atomic mass is 16.6. The van der Waals surface area contributed by atoms with Crippen LogP contribution in [-0.2, 0) is 6.61 Å². The summed E-state index contributed by atoms with van der Waals surface area (Å²) in [6.07, 6.45) is 0.0169. The molecule has 5 heteroatoms. The van der Waals surface area contributed by atoms with Crippen molar-refractivity contribution in [2.45, 2.75) is 26.1 Å². The van der Waals surface area contributed by atoms with E-state index in [1.54, 1.807) is 18.2 Å². The SMILES string of the molecule is CC[C@H](O)c1ccccc1OCc1cccc([N+](=O)[O-])c1. The van der Waals surface area contributed by atoms with E-state index >= 15 is 0 Å². The second-order valence-corrected chi connectivity index (χ2v) is 4.68. The highest BCUT2D eigenvalue weighted by Crippen LogP contribution is 2.27. The lowest BCUT2D eigenvalue weighted by Crippen LogP contribution is -2.02. The summed E-state index contributed by atoms with van der Waals surface area (Å²) in [7, 11) is 0. The lowest BCUT2D eigenvalue weighted by molar-refractivity contribution is -0.384. The zero-order valence-electron chi connectivity index (χ0n) is 11.7. The molecule has 2 aromatic carbocycles. The van der Waals surface area contributed by atoms with Crippen molar-refractivity contribution in [3.05, 3.63) is 69.8 Å². The molecule has 0 spiro atoms. The quantitative estimate of drug-likeness (QED) is 0.650. The molecule has 0 saturated heterocycles. The number of nitrogens with zero attached hydrogens (tertiary/aromatic N) is 1. The Hall–Kier alpha value is -2.40. The Morgan fingerprint density at radius 2 is 2.00 bits per heavy atom. The van der Waals surface area contributed by atoms with E-state index < -0.39 is 11.0 Å². The van der Waals surface area contributed by atoms with Crippen LogP contribution >= 0.6 is 0 Å². The van der Waals surface area contributed by atoms with E-state index in [0.29, 0.717) is 17.7 Å². The smallest absolute Gasteiger partial charge is 0.269 e. The van der Waals surface area contributed by atoms with Crippen LogP contribution < -0.4 is 4.74 Å². The highest BCUT2D eigenvalue weighted by Gasteiger charge is 2.12. The van der Waals surface area contributed by atoms with Crippen molar-refractivity contribution in [1.29, 1.82) is 0 Å². The Balaban J connectivity index is 2.13. The van der Waals surface area contributed by atoms with Gasteiger partial charge in [-0.05, 0) is 18.1 Å². The third-order valence-corrected chi connectivity index (χ3v) is 3.18. The average molecular weight is 287 g/mol. The second-order valence-electron chi connectivity index (χ2n) is 4.68. The lowest BCUT2D eigenvalue weighted by Gasteiger charge is -2.14. The summed E-state index contributed by atoms with van der Waals surface area (Å²) < 4.78 is 5.70. The monoisotopic (exact) mass is 287 g/mol. The van der Waals surface area contributed by atoms with Crippen molar-refractivity contribution in [2.75, 3.05) is 0 Å². The number of hydrogen-bond acceptors (Lipinski definition) is 4. The van der Waals surface area contributed by atoms with Crippen LogP contribution in [0.5, 0.6) is 5.75 Å². The molecular formula is C16H17NO4. The number of aliphatic hydroxyl groups is 1. The first-order valence-electron chi connectivity index (χ1n) is 6.75. The third kappa shape index (κ3) is 3.79. The van der Waals surface area contributed by atoms with E-state index in [0.717, 1.165) is 5.56 Å². The van der Waals surface area contributed by atoms with Gasteiger partial charge in [-0.1, -0.05) is 37.3 Å². The summed E-state index contributed by atoms with van der Waals surface area (Å²) in [6.45, 7) is 2.11. The molecule has 0 aliphatic heterocycles. The van der Waals surface area contributed by atoms with Gasteiger partial charge in [-0.15, -0.1) is 0 Å². The van der Waals surface area contributed by atoms with Crippen molar-refractivity contribution in [3.63, 3.8) is 0 Å². The molecule has 2 rings (SSSR count). The van der Waals surface area contributed by atoms with E-state index in [-0.39, 0.29) is 12.3 Å². The standard InChI is InChI=1S/C16H17NO4/c1-2-15(18)14-8-3-4-9-16(14)21-11-12-6-5-7-13(10-12)17(19)20/h3-10,15,18H,2,11H2,1H3/t15-/m0/s1. The predicted octanol–water partition coefficient (Wildman–Crippen LogP) is 3.62. The molecule has 1 N–H and O–H groups in total. The van der Waals surface area contributed by atoms with Crippen molar-refractivity contribution >= 4 is 5.69 Å². The highest BCUT2D eigenvalue weighted by molar-refractivity contribution is 5.37. The first kappa shape index (κ1) is 15.0. The maximum atomic E-state index is 10.7. The molecule has 1 atom stereocenters. The Labute approximate surface area is 123 Å². The number of benzene rings is 2. The summed E-state index contributed by atoms with van der Waals surface area (Å²) in [4.78, 5) is 10.3. The summed E-state index contributed by atoms with van der Waals surface area (Å²) in [5.41, 5.74) is 1.48. The van der Waals surface area contributed by atoms with Gasteiger partial charge in [-0.2, -0.15) is 0 Å². The van der Waals surface area contributed by atoms with Crippen LogP contribution in [0.3, 0.4) is 0 Å². The fraction of sp³-hybridized carbons (Fsp3) is 0.250. The van der Waals surface area contributed by atoms with Crippen LogP contribution in [-0.4, -0.2) is 10.0 Å². The Morgan fingerprint density at radius 1 is 1.24 bits per heavy atom. The van der Waals surface area contributed by atoms with Crippen LogP contribution in [0.15, 0.2) is 48.5 Å². The lowest BCUT2D eigenvalue weighted by atomic mass is 10.1. The topological polar surface area (TPSA) is 72.6 Å². The van der Waals surface area contributed by atoms with Crippen molar-refractivity contribution in [2.24, 2.45) is 0 Å². The van der Waals surface area contributed by atoms with Crippen molar-refractivity contribution < 1.29 is 14.8 Å². The van der Waals surface area contributed by atoms with Gasteiger partial charge in [0.1, 0.15) is 12.4 Å². The van der Waals surface area contributed by atoms with E-state index in [1.807, 2.05) is 25.1 Å². The molecular weight excluding hydrogens is 270 g/mol. The number of para-hydroxylation sites is 1. The molecule has 0 fully saturated rings. The minimum absolute atomic E-state index is 0.0398. The van der Waals surface area contributed by atoms with Gasteiger partial charge < -0.3 is 9.84 Å². The largest absolute Gasteiger partial charge is 0.489 e. The summed E-state index contributed by atoms with van der Waals surface area (Å²) in [5, 5.41) is 20.7. The van der Waals surface area contributed by atoms with Gasteiger partial charge >= 0.3 is 0 Å². The maximum Gasteiger partial charge on any atom is 0.269 e.